The van der Waals surface area contributed by atoms with Crippen molar-refractivity contribution < 1.29 is 5.11 Å². The zero-order chi connectivity index (χ0) is 9.97. The Hall–Kier alpha value is -1.09. The number of rotatable bonds is 3. The topological polar surface area (TPSA) is 36.4 Å². The second-order valence-electron chi connectivity index (χ2n) is 3.86. The molecule has 1 N–H and O–H groups in total. The summed E-state index contributed by atoms with van der Waals surface area (Å²) in [6.07, 6.45) is 5.30. The van der Waals surface area contributed by atoms with E-state index in [0.717, 1.165) is 18.7 Å². The van der Waals surface area contributed by atoms with Crippen molar-refractivity contribution in [1.82, 2.24) is 4.98 Å². The van der Waals surface area contributed by atoms with E-state index >= 15 is 0 Å². The Labute approximate surface area is 84.4 Å². The Morgan fingerprint density at radius 1 is 1.79 bits per heavy atom. The van der Waals surface area contributed by atoms with Crippen molar-refractivity contribution in [3.63, 3.8) is 0 Å². The van der Waals surface area contributed by atoms with Gasteiger partial charge in [-0.1, -0.05) is 0 Å². The standard InChI is InChI=1S/C11H15N2O/c1-9(14)7-10-4-6-13(10)11-3-2-5-12-8-11/h3,5,8-10,14H,4,6-7H2,1H3. The Bertz CT molecular complexity index is 287. The Morgan fingerprint density at radius 2 is 2.64 bits per heavy atom. The first kappa shape index (κ1) is 9.46. The molecule has 75 valence electrons. The zero-order valence-electron chi connectivity index (χ0n) is 8.35. The second kappa shape index (κ2) is 3.96. The van der Waals surface area contributed by atoms with Crippen molar-refractivity contribution in [3.05, 3.63) is 24.5 Å². The average molecular weight is 191 g/mol. The molecule has 3 nitrogen and oxygen atoms in total. The molecule has 0 amide bonds. The van der Waals surface area contributed by atoms with Gasteiger partial charge in [0, 0.05) is 24.8 Å². The summed E-state index contributed by atoms with van der Waals surface area (Å²) in [5.74, 6) is 0. The molecule has 0 spiro atoms. The van der Waals surface area contributed by atoms with Crippen LogP contribution in [-0.2, 0) is 0 Å². The van der Waals surface area contributed by atoms with Crippen LogP contribution in [0.4, 0.5) is 5.69 Å². The van der Waals surface area contributed by atoms with Gasteiger partial charge in [0.05, 0.1) is 18.0 Å². The minimum absolute atomic E-state index is 0.219. The lowest BCUT2D eigenvalue weighted by molar-refractivity contribution is 0.162. The van der Waals surface area contributed by atoms with E-state index in [4.69, 9.17) is 0 Å². The van der Waals surface area contributed by atoms with Crippen LogP contribution in [0, 0.1) is 6.07 Å². The summed E-state index contributed by atoms with van der Waals surface area (Å²) in [5.41, 5.74) is 1.12. The Kier molecular flexibility index (Phi) is 2.68. The molecule has 1 aliphatic rings. The summed E-state index contributed by atoms with van der Waals surface area (Å²) in [4.78, 5) is 6.32. The van der Waals surface area contributed by atoms with Crippen LogP contribution in [0.25, 0.3) is 0 Å². The molecule has 0 aromatic carbocycles. The normalized spacial score (nSPS) is 23.0. The molecular weight excluding hydrogens is 176 g/mol. The van der Waals surface area contributed by atoms with Gasteiger partial charge in [0.1, 0.15) is 0 Å². The van der Waals surface area contributed by atoms with Crippen molar-refractivity contribution in [2.24, 2.45) is 0 Å². The summed E-state index contributed by atoms with van der Waals surface area (Å²) < 4.78 is 0. The van der Waals surface area contributed by atoms with E-state index in [0.29, 0.717) is 6.04 Å². The minimum atomic E-state index is -0.219. The molecule has 0 aliphatic carbocycles. The highest BCUT2D eigenvalue weighted by Gasteiger charge is 2.28. The molecule has 2 atom stereocenters. The number of aliphatic hydroxyl groups is 1. The van der Waals surface area contributed by atoms with Gasteiger partial charge in [-0.05, 0) is 25.8 Å². The summed E-state index contributed by atoms with van der Waals surface area (Å²) in [6.45, 7) is 2.91. The van der Waals surface area contributed by atoms with Gasteiger partial charge >= 0.3 is 0 Å². The maximum absolute atomic E-state index is 9.30. The quantitative estimate of drug-likeness (QED) is 0.780. The number of nitrogens with zero attached hydrogens (tertiary/aromatic N) is 2. The number of pyridine rings is 1. The van der Waals surface area contributed by atoms with Crippen LogP contribution in [0.3, 0.4) is 0 Å². The maximum Gasteiger partial charge on any atom is 0.0561 e. The van der Waals surface area contributed by atoms with E-state index < -0.39 is 0 Å². The molecule has 1 saturated heterocycles. The zero-order valence-corrected chi connectivity index (χ0v) is 8.35. The van der Waals surface area contributed by atoms with Crippen LogP contribution in [0.5, 0.6) is 0 Å². The van der Waals surface area contributed by atoms with Crippen molar-refractivity contribution in [1.29, 1.82) is 0 Å². The molecule has 14 heavy (non-hydrogen) atoms. The fourth-order valence-electron chi connectivity index (χ4n) is 1.89. The highest BCUT2D eigenvalue weighted by atomic mass is 16.3. The number of anilines is 1. The van der Waals surface area contributed by atoms with Gasteiger partial charge in [-0.15, -0.1) is 0 Å². The third kappa shape index (κ3) is 1.87. The number of aliphatic hydroxyl groups excluding tert-OH is 1. The number of aromatic nitrogens is 1. The lowest BCUT2D eigenvalue weighted by Gasteiger charge is -2.43. The molecule has 2 unspecified atom stereocenters. The monoisotopic (exact) mass is 191 g/mol. The van der Waals surface area contributed by atoms with E-state index in [-0.39, 0.29) is 6.10 Å². The smallest absolute Gasteiger partial charge is 0.0561 e. The number of hydrogen-bond donors (Lipinski definition) is 1. The Morgan fingerprint density at radius 3 is 3.14 bits per heavy atom. The van der Waals surface area contributed by atoms with Crippen LogP contribution < -0.4 is 4.90 Å². The fraction of sp³-hybridized carbons (Fsp3) is 0.545. The molecule has 0 bridgehead atoms. The van der Waals surface area contributed by atoms with Crippen LogP contribution in [0.2, 0.25) is 0 Å². The third-order valence-corrected chi connectivity index (χ3v) is 2.68. The highest BCUT2D eigenvalue weighted by molar-refractivity contribution is 5.47. The molecule has 1 aromatic heterocycles. The summed E-state index contributed by atoms with van der Waals surface area (Å²) in [7, 11) is 0. The van der Waals surface area contributed by atoms with Gasteiger partial charge in [-0.3, -0.25) is 4.98 Å². The Balaban J connectivity index is 2.00. The first-order valence-corrected chi connectivity index (χ1v) is 5.03. The predicted octanol–water partition coefficient (Wildman–Crippen LogP) is 1.23. The van der Waals surface area contributed by atoms with E-state index in [1.54, 1.807) is 6.20 Å². The summed E-state index contributed by atoms with van der Waals surface area (Å²) in [6, 6.07) is 5.39. The third-order valence-electron chi connectivity index (χ3n) is 2.68. The van der Waals surface area contributed by atoms with E-state index in [1.165, 1.54) is 6.42 Å². The molecular formula is C11H15N2O. The van der Waals surface area contributed by atoms with Gasteiger partial charge in [0.2, 0.25) is 0 Å². The van der Waals surface area contributed by atoms with Crippen LogP contribution in [-0.4, -0.2) is 28.8 Å². The molecule has 2 rings (SSSR count). The minimum Gasteiger partial charge on any atom is -0.393 e. The first-order chi connectivity index (χ1) is 6.77. The summed E-state index contributed by atoms with van der Waals surface area (Å²) in [5, 5.41) is 9.30. The van der Waals surface area contributed by atoms with Crippen LogP contribution in [0.1, 0.15) is 19.8 Å². The first-order valence-electron chi connectivity index (χ1n) is 5.03. The van der Waals surface area contributed by atoms with Crippen LogP contribution >= 0.6 is 0 Å². The van der Waals surface area contributed by atoms with Crippen molar-refractivity contribution in [2.75, 3.05) is 11.4 Å². The molecule has 1 fully saturated rings. The van der Waals surface area contributed by atoms with E-state index in [1.807, 2.05) is 19.2 Å². The maximum atomic E-state index is 9.30. The molecule has 1 radical (unpaired) electrons. The van der Waals surface area contributed by atoms with Crippen molar-refractivity contribution >= 4 is 5.69 Å². The fourth-order valence-corrected chi connectivity index (χ4v) is 1.89. The average Bonchev–Trinajstić information content (AvgIpc) is 2.14. The lowest BCUT2D eigenvalue weighted by Crippen LogP contribution is -2.49. The SMILES string of the molecule is CC(O)CC1CCN1c1c[c]cnc1. The molecule has 0 saturated carbocycles. The van der Waals surface area contributed by atoms with Gasteiger partial charge in [-0.25, -0.2) is 0 Å². The molecule has 1 aromatic rings. The summed E-state index contributed by atoms with van der Waals surface area (Å²) >= 11 is 0. The van der Waals surface area contributed by atoms with E-state index in [2.05, 4.69) is 16.0 Å². The lowest BCUT2D eigenvalue weighted by atomic mass is 9.96. The number of hydrogen-bond acceptors (Lipinski definition) is 3. The second-order valence-corrected chi connectivity index (χ2v) is 3.86. The van der Waals surface area contributed by atoms with Gasteiger partial charge in [0.25, 0.3) is 0 Å². The largest absolute Gasteiger partial charge is 0.393 e. The predicted molar refractivity (Wildman–Crippen MR) is 55.1 cm³/mol. The van der Waals surface area contributed by atoms with Gasteiger partial charge < -0.3 is 10.0 Å². The van der Waals surface area contributed by atoms with E-state index in [9.17, 15) is 5.11 Å². The van der Waals surface area contributed by atoms with Crippen LogP contribution in [0.15, 0.2) is 18.5 Å². The molecule has 2 heterocycles. The molecule has 3 heteroatoms. The highest BCUT2D eigenvalue weighted by Crippen LogP contribution is 2.27. The van der Waals surface area contributed by atoms with Crippen molar-refractivity contribution in [3.8, 4) is 0 Å². The van der Waals surface area contributed by atoms with Gasteiger partial charge in [0.15, 0.2) is 0 Å². The van der Waals surface area contributed by atoms with Gasteiger partial charge in [-0.2, -0.15) is 0 Å². The molecule has 1 aliphatic heterocycles. The van der Waals surface area contributed by atoms with Crippen molar-refractivity contribution in [2.45, 2.75) is 31.9 Å².